The molecule has 1 aromatic heterocycles. The van der Waals surface area contributed by atoms with Gasteiger partial charge in [0.2, 0.25) is 0 Å². The number of methoxy groups -OCH3 is 1. The fraction of sp³-hybridized carbons (Fsp3) is 0.231. The summed E-state index contributed by atoms with van der Waals surface area (Å²) in [7, 11) is 1.49. The van der Waals surface area contributed by atoms with Gasteiger partial charge in [0.05, 0.1) is 13.2 Å². The minimum absolute atomic E-state index is 0.231. The molecule has 1 unspecified atom stereocenters. The fourth-order valence-corrected chi connectivity index (χ4v) is 1.86. The first-order valence-corrected chi connectivity index (χ1v) is 6.11. The lowest BCUT2D eigenvalue weighted by Crippen LogP contribution is -2.13. The Balaban J connectivity index is 2.05. The normalized spacial score (nSPS) is 11.9. The minimum Gasteiger partial charge on any atom is -0.490 e. The second-order valence-electron chi connectivity index (χ2n) is 3.85. The van der Waals surface area contributed by atoms with Crippen LogP contribution >= 0.6 is 11.6 Å². The van der Waals surface area contributed by atoms with Gasteiger partial charge in [0.15, 0.2) is 16.7 Å². The molecule has 0 amide bonds. The lowest BCUT2D eigenvalue weighted by Gasteiger charge is -2.14. The summed E-state index contributed by atoms with van der Waals surface area (Å²) in [6.45, 7) is 0.299. The van der Waals surface area contributed by atoms with Crippen LogP contribution in [0.3, 0.4) is 0 Å². The average molecular weight is 280 g/mol. The van der Waals surface area contributed by atoms with Crippen LogP contribution in [0.25, 0.3) is 0 Å². The molecule has 0 aliphatic heterocycles. The van der Waals surface area contributed by atoms with Gasteiger partial charge in [0.25, 0.3) is 0 Å². The Morgan fingerprint density at radius 3 is 2.74 bits per heavy atom. The van der Waals surface area contributed by atoms with Crippen LogP contribution in [0.2, 0.25) is 5.15 Å². The molecule has 100 valence electrons. The van der Waals surface area contributed by atoms with E-state index in [0.29, 0.717) is 18.1 Å². The molecule has 0 aliphatic rings. The van der Waals surface area contributed by atoms with Crippen molar-refractivity contribution in [3.8, 4) is 5.75 Å². The first kappa shape index (κ1) is 13.6. The Morgan fingerprint density at radius 1 is 1.32 bits per heavy atom. The Morgan fingerprint density at radius 2 is 2.05 bits per heavy atom. The van der Waals surface area contributed by atoms with Gasteiger partial charge in [-0.15, -0.1) is 0 Å². The predicted molar refractivity (Wildman–Crippen MR) is 73.5 cm³/mol. The third kappa shape index (κ3) is 3.33. The van der Waals surface area contributed by atoms with Gasteiger partial charge < -0.3 is 15.2 Å². The molecule has 19 heavy (non-hydrogen) atoms. The fourth-order valence-electron chi connectivity index (χ4n) is 1.65. The van der Waals surface area contributed by atoms with E-state index in [4.69, 9.17) is 16.3 Å². The minimum atomic E-state index is -0.639. The van der Waals surface area contributed by atoms with E-state index in [9.17, 15) is 5.11 Å². The lowest BCUT2D eigenvalue weighted by molar-refractivity contribution is 0.191. The number of rotatable bonds is 5. The van der Waals surface area contributed by atoms with Crippen molar-refractivity contribution in [1.29, 1.82) is 0 Å². The molecule has 0 aliphatic carbocycles. The van der Waals surface area contributed by atoms with Gasteiger partial charge in [-0.25, -0.2) is 9.97 Å². The monoisotopic (exact) mass is 279 g/mol. The number of halogens is 1. The number of ether oxygens (including phenoxy) is 1. The Kier molecular flexibility index (Phi) is 4.54. The third-order valence-electron chi connectivity index (χ3n) is 2.61. The summed E-state index contributed by atoms with van der Waals surface area (Å²) in [5.41, 5.74) is 0.828. The molecule has 0 saturated carbocycles. The summed E-state index contributed by atoms with van der Waals surface area (Å²) < 4.78 is 5.11. The number of hydrogen-bond donors (Lipinski definition) is 2. The van der Waals surface area contributed by atoms with E-state index in [2.05, 4.69) is 15.3 Å². The average Bonchev–Trinajstić information content (AvgIpc) is 2.45. The summed E-state index contributed by atoms with van der Waals surface area (Å²) in [5.74, 6) is 0.821. The Bertz CT molecular complexity index is 537. The maximum atomic E-state index is 10.0. The van der Waals surface area contributed by atoms with Crippen molar-refractivity contribution in [1.82, 2.24) is 9.97 Å². The third-order valence-corrected chi connectivity index (χ3v) is 2.88. The van der Waals surface area contributed by atoms with Crippen LogP contribution in [-0.4, -0.2) is 28.7 Å². The number of aromatic nitrogens is 2. The van der Waals surface area contributed by atoms with Gasteiger partial charge in [-0.05, 0) is 5.56 Å². The van der Waals surface area contributed by atoms with Gasteiger partial charge in [-0.3, -0.25) is 0 Å². The van der Waals surface area contributed by atoms with Crippen LogP contribution in [0.15, 0.2) is 36.7 Å². The number of aliphatic hydroxyl groups is 1. The van der Waals surface area contributed by atoms with Crippen LogP contribution in [0, 0.1) is 0 Å². The second-order valence-corrected chi connectivity index (χ2v) is 4.21. The number of anilines is 1. The maximum Gasteiger partial charge on any atom is 0.198 e. The quantitative estimate of drug-likeness (QED) is 0.822. The molecule has 0 bridgehead atoms. The Hall–Kier alpha value is -1.85. The molecule has 0 radical (unpaired) electrons. The summed E-state index contributed by atoms with van der Waals surface area (Å²) >= 11 is 5.88. The molecule has 1 aromatic carbocycles. The highest BCUT2D eigenvalue weighted by atomic mass is 35.5. The molecule has 6 heteroatoms. The van der Waals surface area contributed by atoms with Crippen molar-refractivity contribution in [2.75, 3.05) is 19.0 Å². The molecule has 0 fully saturated rings. The van der Waals surface area contributed by atoms with Crippen molar-refractivity contribution in [3.63, 3.8) is 0 Å². The largest absolute Gasteiger partial charge is 0.490 e. The molecule has 2 rings (SSSR count). The molecule has 0 spiro atoms. The summed E-state index contributed by atoms with van der Waals surface area (Å²) in [6.07, 6.45) is 0.696. The highest BCUT2D eigenvalue weighted by Crippen LogP contribution is 2.28. The smallest absolute Gasteiger partial charge is 0.198 e. The zero-order valence-electron chi connectivity index (χ0n) is 10.4. The number of hydrogen-bond acceptors (Lipinski definition) is 5. The van der Waals surface area contributed by atoms with Gasteiger partial charge in [-0.2, -0.15) is 0 Å². The van der Waals surface area contributed by atoms with Gasteiger partial charge in [-0.1, -0.05) is 41.9 Å². The lowest BCUT2D eigenvalue weighted by atomic mass is 10.1. The number of nitrogens with zero attached hydrogens (tertiary/aromatic N) is 2. The molecule has 2 N–H and O–H groups in total. The molecule has 1 atom stereocenters. The SMILES string of the molecule is COc1c(Cl)ncnc1NCC(O)c1ccccc1. The van der Waals surface area contributed by atoms with Crippen LogP contribution in [0.1, 0.15) is 11.7 Å². The molecule has 0 saturated heterocycles. The van der Waals surface area contributed by atoms with Crippen LogP contribution in [-0.2, 0) is 0 Å². The van der Waals surface area contributed by atoms with Crippen LogP contribution < -0.4 is 10.1 Å². The standard InChI is InChI=1S/C13H14ClN3O2/c1-19-11-12(14)16-8-17-13(11)15-7-10(18)9-5-3-2-4-6-9/h2-6,8,10,18H,7H2,1H3,(H,15,16,17). The zero-order valence-corrected chi connectivity index (χ0v) is 11.1. The van der Waals surface area contributed by atoms with Gasteiger partial charge in [0, 0.05) is 6.54 Å². The van der Waals surface area contributed by atoms with E-state index in [1.54, 1.807) is 0 Å². The van der Waals surface area contributed by atoms with Crippen molar-refractivity contribution in [2.24, 2.45) is 0 Å². The van der Waals surface area contributed by atoms with E-state index < -0.39 is 6.10 Å². The summed E-state index contributed by atoms with van der Waals surface area (Å²) in [5, 5.41) is 13.3. The van der Waals surface area contributed by atoms with Gasteiger partial charge >= 0.3 is 0 Å². The van der Waals surface area contributed by atoms with E-state index in [1.165, 1.54) is 13.4 Å². The van der Waals surface area contributed by atoms with Crippen molar-refractivity contribution >= 4 is 17.4 Å². The Labute approximate surface area is 116 Å². The number of benzene rings is 1. The molecule has 5 nitrogen and oxygen atoms in total. The van der Waals surface area contributed by atoms with E-state index in [-0.39, 0.29) is 5.15 Å². The topological polar surface area (TPSA) is 67.3 Å². The maximum absolute atomic E-state index is 10.0. The molecular weight excluding hydrogens is 266 g/mol. The summed E-state index contributed by atoms with van der Waals surface area (Å²) in [6, 6.07) is 9.37. The molecule has 1 heterocycles. The van der Waals surface area contributed by atoms with E-state index in [0.717, 1.165) is 5.56 Å². The zero-order chi connectivity index (χ0) is 13.7. The van der Waals surface area contributed by atoms with E-state index >= 15 is 0 Å². The van der Waals surface area contributed by atoms with Crippen LogP contribution in [0.4, 0.5) is 5.82 Å². The van der Waals surface area contributed by atoms with Gasteiger partial charge in [0.1, 0.15) is 6.33 Å². The highest BCUT2D eigenvalue weighted by molar-refractivity contribution is 6.31. The summed E-state index contributed by atoms with van der Waals surface area (Å²) in [4.78, 5) is 7.86. The number of aliphatic hydroxyl groups excluding tert-OH is 1. The highest BCUT2D eigenvalue weighted by Gasteiger charge is 2.12. The van der Waals surface area contributed by atoms with Crippen LogP contribution in [0.5, 0.6) is 5.75 Å². The second kappa shape index (κ2) is 6.36. The van der Waals surface area contributed by atoms with Crippen molar-refractivity contribution in [2.45, 2.75) is 6.10 Å². The van der Waals surface area contributed by atoms with Crippen molar-refractivity contribution < 1.29 is 9.84 Å². The predicted octanol–water partition coefficient (Wildman–Crippen LogP) is 2.28. The van der Waals surface area contributed by atoms with Crippen molar-refractivity contribution in [3.05, 3.63) is 47.4 Å². The molecule has 2 aromatic rings. The first-order chi connectivity index (χ1) is 9.22. The molecular formula is C13H14ClN3O2. The van der Waals surface area contributed by atoms with E-state index in [1.807, 2.05) is 30.3 Å². The first-order valence-electron chi connectivity index (χ1n) is 5.73. The number of nitrogens with one attached hydrogen (secondary N) is 1.